The lowest BCUT2D eigenvalue weighted by molar-refractivity contribution is 0.154. The molecule has 1 saturated carbocycles. The normalized spacial score (nSPS) is 19.6. The second kappa shape index (κ2) is 7.38. The molecule has 0 heterocycles. The Bertz CT molecular complexity index is 201. The zero-order valence-corrected chi connectivity index (χ0v) is 12.4. The maximum atomic E-state index is 3.73. The number of hydrogen-bond acceptors (Lipinski definition) is 2. The maximum absolute atomic E-state index is 3.73. The van der Waals surface area contributed by atoms with Crippen molar-refractivity contribution in [2.45, 2.75) is 65.8 Å². The highest BCUT2D eigenvalue weighted by molar-refractivity contribution is 4.87. The van der Waals surface area contributed by atoms with Crippen molar-refractivity contribution in [3.8, 4) is 0 Å². The summed E-state index contributed by atoms with van der Waals surface area (Å²) >= 11 is 0. The molecule has 0 amide bonds. The van der Waals surface area contributed by atoms with E-state index in [0.29, 0.717) is 5.41 Å². The van der Waals surface area contributed by atoms with Gasteiger partial charge in [-0.25, -0.2) is 0 Å². The topological polar surface area (TPSA) is 15.3 Å². The van der Waals surface area contributed by atoms with Gasteiger partial charge in [-0.1, -0.05) is 34.1 Å². The first-order valence-electron chi connectivity index (χ1n) is 7.59. The summed E-state index contributed by atoms with van der Waals surface area (Å²) in [5.41, 5.74) is 0.461. The minimum absolute atomic E-state index is 0.461. The van der Waals surface area contributed by atoms with E-state index in [4.69, 9.17) is 0 Å². The second-order valence-electron chi connectivity index (χ2n) is 6.08. The van der Waals surface area contributed by atoms with E-state index >= 15 is 0 Å². The van der Waals surface area contributed by atoms with Crippen LogP contribution < -0.4 is 5.32 Å². The van der Waals surface area contributed by atoms with Gasteiger partial charge in [0.05, 0.1) is 0 Å². The number of hydrogen-bond donors (Lipinski definition) is 1. The van der Waals surface area contributed by atoms with Gasteiger partial charge in [0.25, 0.3) is 0 Å². The highest BCUT2D eigenvalue weighted by Crippen LogP contribution is 2.27. The lowest BCUT2D eigenvalue weighted by Gasteiger charge is -2.35. The summed E-state index contributed by atoms with van der Waals surface area (Å²) in [5, 5.41) is 3.73. The van der Waals surface area contributed by atoms with E-state index < -0.39 is 0 Å². The number of nitrogens with one attached hydrogen (secondary N) is 1. The van der Waals surface area contributed by atoms with Crippen LogP contribution >= 0.6 is 0 Å². The van der Waals surface area contributed by atoms with Gasteiger partial charge in [-0.15, -0.1) is 0 Å². The molecule has 0 radical (unpaired) electrons. The van der Waals surface area contributed by atoms with Crippen LogP contribution in [0.5, 0.6) is 0 Å². The maximum Gasteiger partial charge on any atom is 0.00684 e. The van der Waals surface area contributed by atoms with Gasteiger partial charge in [0.2, 0.25) is 0 Å². The minimum atomic E-state index is 0.461. The molecule has 2 heteroatoms. The molecule has 0 saturated heterocycles. The van der Waals surface area contributed by atoms with Crippen LogP contribution in [0.2, 0.25) is 0 Å². The summed E-state index contributed by atoms with van der Waals surface area (Å²) in [6.45, 7) is 14.2. The van der Waals surface area contributed by atoms with Crippen LogP contribution in [0.25, 0.3) is 0 Å². The predicted octanol–water partition coefficient (Wildman–Crippen LogP) is 3.28. The van der Waals surface area contributed by atoms with E-state index in [0.717, 1.165) is 6.04 Å². The molecule has 0 aromatic heterocycles. The molecule has 1 fully saturated rings. The molecule has 102 valence electrons. The predicted molar refractivity (Wildman–Crippen MR) is 76.4 cm³/mol. The lowest BCUT2D eigenvalue weighted by Crippen LogP contribution is -2.43. The Balaban J connectivity index is 2.41. The third-order valence-electron chi connectivity index (χ3n) is 3.84. The van der Waals surface area contributed by atoms with Crippen molar-refractivity contribution in [3.63, 3.8) is 0 Å². The third-order valence-corrected chi connectivity index (χ3v) is 3.84. The fraction of sp³-hybridized carbons (Fsp3) is 1.00. The lowest BCUT2D eigenvalue weighted by atomic mass is 9.84. The van der Waals surface area contributed by atoms with Gasteiger partial charge < -0.3 is 10.2 Å². The molecule has 1 aliphatic carbocycles. The fourth-order valence-corrected chi connectivity index (χ4v) is 2.71. The molecule has 0 aromatic rings. The molecule has 0 aromatic carbocycles. The SMILES string of the molecule is CCCN(CC)CC(C)(CCC)CNC1CC1. The van der Waals surface area contributed by atoms with Gasteiger partial charge in [0.1, 0.15) is 0 Å². The monoisotopic (exact) mass is 240 g/mol. The highest BCUT2D eigenvalue weighted by atomic mass is 15.1. The number of nitrogens with zero attached hydrogens (tertiary/aromatic N) is 1. The van der Waals surface area contributed by atoms with Crippen molar-refractivity contribution in [3.05, 3.63) is 0 Å². The van der Waals surface area contributed by atoms with Gasteiger partial charge in [-0.2, -0.15) is 0 Å². The summed E-state index contributed by atoms with van der Waals surface area (Å²) in [6.07, 6.45) is 6.70. The first-order chi connectivity index (χ1) is 8.13. The molecule has 1 rings (SSSR count). The number of rotatable bonds is 10. The molecule has 1 aliphatic rings. The Hall–Kier alpha value is -0.0800. The molecule has 17 heavy (non-hydrogen) atoms. The molecule has 0 spiro atoms. The molecule has 2 nitrogen and oxygen atoms in total. The third kappa shape index (κ3) is 5.87. The highest BCUT2D eigenvalue weighted by Gasteiger charge is 2.29. The average Bonchev–Trinajstić information content (AvgIpc) is 3.10. The van der Waals surface area contributed by atoms with E-state index in [2.05, 4.69) is 37.9 Å². The van der Waals surface area contributed by atoms with Crippen molar-refractivity contribution in [2.24, 2.45) is 5.41 Å². The zero-order valence-electron chi connectivity index (χ0n) is 12.4. The largest absolute Gasteiger partial charge is 0.313 e. The van der Waals surface area contributed by atoms with Gasteiger partial charge in [0.15, 0.2) is 0 Å². The van der Waals surface area contributed by atoms with Crippen molar-refractivity contribution in [1.29, 1.82) is 0 Å². The Morgan fingerprint density at radius 1 is 1.18 bits per heavy atom. The Labute approximate surface area is 108 Å². The van der Waals surface area contributed by atoms with Crippen LogP contribution in [-0.4, -0.2) is 37.1 Å². The summed E-state index contributed by atoms with van der Waals surface area (Å²) in [6, 6.07) is 0.840. The van der Waals surface area contributed by atoms with Crippen LogP contribution in [0.15, 0.2) is 0 Å². The quantitative estimate of drug-likeness (QED) is 0.630. The molecule has 0 bridgehead atoms. The summed E-state index contributed by atoms with van der Waals surface area (Å²) in [7, 11) is 0. The van der Waals surface area contributed by atoms with Crippen molar-refractivity contribution in [2.75, 3.05) is 26.2 Å². The fourth-order valence-electron chi connectivity index (χ4n) is 2.71. The second-order valence-corrected chi connectivity index (χ2v) is 6.08. The van der Waals surface area contributed by atoms with E-state index in [-0.39, 0.29) is 0 Å². The molecular formula is C15H32N2. The Morgan fingerprint density at radius 2 is 1.88 bits per heavy atom. The van der Waals surface area contributed by atoms with Crippen LogP contribution in [0.1, 0.15) is 59.8 Å². The first kappa shape index (κ1) is 15.0. The van der Waals surface area contributed by atoms with Crippen LogP contribution in [-0.2, 0) is 0 Å². The summed E-state index contributed by atoms with van der Waals surface area (Å²) in [5.74, 6) is 0. The summed E-state index contributed by atoms with van der Waals surface area (Å²) < 4.78 is 0. The molecule has 1 N–H and O–H groups in total. The standard InChI is InChI=1S/C15H32N2/c1-5-10-15(4,12-16-14-8-9-14)13-17(7-3)11-6-2/h14,16H,5-13H2,1-4H3. The van der Waals surface area contributed by atoms with E-state index in [9.17, 15) is 0 Å². The summed E-state index contributed by atoms with van der Waals surface area (Å²) in [4.78, 5) is 2.62. The smallest absolute Gasteiger partial charge is 0.00684 e. The minimum Gasteiger partial charge on any atom is -0.313 e. The van der Waals surface area contributed by atoms with Crippen LogP contribution in [0.4, 0.5) is 0 Å². The van der Waals surface area contributed by atoms with Gasteiger partial charge in [0, 0.05) is 19.1 Å². The van der Waals surface area contributed by atoms with Crippen molar-refractivity contribution in [1.82, 2.24) is 10.2 Å². The average molecular weight is 240 g/mol. The van der Waals surface area contributed by atoms with Gasteiger partial charge in [-0.05, 0) is 44.2 Å². The Kier molecular flexibility index (Phi) is 6.50. The van der Waals surface area contributed by atoms with Crippen LogP contribution in [0, 0.1) is 5.41 Å². The molecule has 1 unspecified atom stereocenters. The van der Waals surface area contributed by atoms with Crippen molar-refractivity contribution >= 4 is 0 Å². The molecular weight excluding hydrogens is 208 g/mol. The van der Waals surface area contributed by atoms with Crippen molar-refractivity contribution < 1.29 is 0 Å². The molecule has 0 aliphatic heterocycles. The first-order valence-corrected chi connectivity index (χ1v) is 7.59. The van der Waals surface area contributed by atoms with E-state index in [1.54, 1.807) is 0 Å². The van der Waals surface area contributed by atoms with E-state index in [1.165, 1.54) is 58.3 Å². The van der Waals surface area contributed by atoms with E-state index in [1.807, 2.05) is 0 Å². The zero-order chi connectivity index (χ0) is 12.7. The molecule has 1 atom stereocenters. The Morgan fingerprint density at radius 3 is 2.35 bits per heavy atom. The van der Waals surface area contributed by atoms with Crippen LogP contribution in [0.3, 0.4) is 0 Å². The van der Waals surface area contributed by atoms with Gasteiger partial charge in [-0.3, -0.25) is 0 Å². The van der Waals surface area contributed by atoms with Gasteiger partial charge >= 0.3 is 0 Å².